The van der Waals surface area contributed by atoms with Gasteiger partial charge in [0.15, 0.2) is 0 Å². The molecular weight excluding hydrogens is 396 g/mol. The topological polar surface area (TPSA) is 113 Å². The molecule has 0 saturated heterocycles. The molecule has 2 amide bonds. The average Bonchev–Trinajstić information content (AvgIpc) is 3.24. The van der Waals surface area contributed by atoms with E-state index in [2.05, 4.69) is 25.3 Å². The van der Waals surface area contributed by atoms with Gasteiger partial charge in [0, 0.05) is 59.5 Å². The first kappa shape index (κ1) is 20.1. The van der Waals surface area contributed by atoms with Crippen LogP contribution in [0, 0.1) is 0 Å². The van der Waals surface area contributed by atoms with Crippen LogP contribution in [0.4, 0.5) is 5.69 Å². The van der Waals surface area contributed by atoms with Crippen molar-refractivity contribution in [3.05, 3.63) is 72.1 Å². The molecule has 0 spiro atoms. The molecule has 8 nitrogen and oxygen atoms in total. The number of methoxy groups -OCH3 is 1. The zero-order chi connectivity index (χ0) is 21.8. The van der Waals surface area contributed by atoms with Crippen molar-refractivity contribution in [3.63, 3.8) is 0 Å². The van der Waals surface area contributed by atoms with Crippen LogP contribution in [0.1, 0.15) is 16.1 Å². The molecule has 0 bridgehead atoms. The van der Waals surface area contributed by atoms with Crippen molar-refractivity contribution < 1.29 is 19.1 Å². The van der Waals surface area contributed by atoms with Crippen LogP contribution >= 0.6 is 0 Å². The van der Waals surface area contributed by atoms with Gasteiger partial charge < -0.3 is 20.4 Å². The molecular formula is C23H20N4O4. The molecule has 0 saturated carbocycles. The van der Waals surface area contributed by atoms with Crippen molar-refractivity contribution in [2.45, 2.75) is 6.42 Å². The molecule has 0 aliphatic carbocycles. The molecule has 3 N–H and O–H groups in total. The van der Waals surface area contributed by atoms with Crippen molar-refractivity contribution in [2.75, 3.05) is 19.0 Å². The number of carbonyl (C=O) groups is 3. The minimum Gasteiger partial charge on any atom is -0.466 e. The number of esters is 1. The van der Waals surface area contributed by atoms with Gasteiger partial charge in [-0.05, 0) is 30.3 Å². The number of aromatic amines is 1. The Morgan fingerprint density at radius 2 is 2.00 bits per heavy atom. The number of amides is 2. The summed E-state index contributed by atoms with van der Waals surface area (Å²) in [6, 6.07) is 12.9. The first-order valence-electron chi connectivity index (χ1n) is 9.67. The Labute approximate surface area is 178 Å². The predicted molar refractivity (Wildman–Crippen MR) is 115 cm³/mol. The quantitative estimate of drug-likeness (QED) is 0.437. The van der Waals surface area contributed by atoms with Crippen molar-refractivity contribution >= 4 is 23.5 Å². The molecule has 156 valence electrons. The number of benzene rings is 1. The van der Waals surface area contributed by atoms with E-state index < -0.39 is 11.9 Å². The predicted octanol–water partition coefficient (Wildman–Crippen LogP) is 2.70. The Morgan fingerprint density at radius 3 is 2.81 bits per heavy atom. The molecule has 3 aromatic rings. The number of pyridine rings is 1. The Morgan fingerprint density at radius 1 is 1.13 bits per heavy atom. The number of rotatable bonds is 5. The summed E-state index contributed by atoms with van der Waals surface area (Å²) in [6.07, 6.45) is 4.64. The fraction of sp³-hybridized carbons (Fsp3) is 0.130. The van der Waals surface area contributed by atoms with Gasteiger partial charge in [0.1, 0.15) is 0 Å². The van der Waals surface area contributed by atoms with E-state index in [0.717, 1.165) is 46.8 Å². The van der Waals surface area contributed by atoms with Gasteiger partial charge in [-0.2, -0.15) is 0 Å². The smallest absolute Gasteiger partial charge is 0.330 e. The lowest BCUT2D eigenvalue weighted by atomic mass is 10.1. The average molecular weight is 416 g/mol. The maximum absolute atomic E-state index is 12.0. The van der Waals surface area contributed by atoms with Gasteiger partial charge in [-0.1, -0.05) is 12.1 Å². The fourth-order valence-corrected chi connectivity index (χ4v) is 3.36. The van der Waals surface area contributed by atoms with Crippen molar-refractivity contribution in [3.8, 4) is 22.5 Å². The lowest BCUT2D eigenvalue weighted by Crippen LogP contribution is -2.31. The molecule has 3 heterocycles. The first-order chi connectivity index (χ1) is 15.0. The minimum absolute atomic E-state index is 0.0669. The summed E-state index contributed by atoms with van der Waals surface area (Å²) in [7, 11) is 1.24. The molecule has 1 aliphatic heterocycles. The summed E-state index contributed by atoms with van der Waals surface area (Å²) in [4.78, 5) is 42.9. The maximum atomic E-state index is 12.0. The molecule has 0 radical (unpaired) electrons. The highest BCUT2D eigenvalue weighted by Gasteiger charge is 2.20. The third-order valence-electron chi connectivity index (χ3n) is 4.87. The summed E-state index contributed by atoms with van der Waals surface area (Å²) in [6.45, 7) is 0.626. The summed E-state index contributed by atoms with van der Waals surface area (Å²) < 4.78 is 4.47. The molecule has 0 fully saturated rings. The third-order valence-corrected chi connectivity index (χ3v) is 4.87. The van der Waals surface area contributed by atoms with E-state index in [4.69, 9.17) is 0 Å². The number of nitrogens with one attached hydrogen (secondary N) is 3. The van der Waals surface area contributed by atoms with Gasteiger partial charge >= 0.3 is 5.97 Å². The van der Waals surface area contributed by atoms with E-state index >= 15 is 0 Å². The van der Waals surface area contributed by atoms with Gasteiger partial charge in [0.25, 0.3) is 5.91 Å². The molecule has 0 unspecified atom stereocenters. The molecule has 8 heteroatoms. The van der Waals surface area contributed by atoms with Gasteiger partial charge in [-0.3, -0.25) is 14.6 Å². The second kappa shape index (κ2) is 8.66. The zero-order valence-corrected chi connectivity index (χ0v) is 16.8. The number of fused-ring (bicyclic) bond motifs is 1. The number of carbonyl (C=O) groups excluding carboxylic acids is 3. The van der Waals surface area contributed by atoms with Crippen molar-refractivity contribution in [2.24, 2.45) is 0 Å². The van der Waals surface area contributed by atoms with Crippen LogP contribution < -0.4 is 10.6 Å². The standard InChI is InChI=1S/C23H20N4O4/c1-31-22(29)6-5-21(28)26-16-4-2-3-14(11-16)19-12-15(7-9-24-19)20-13-17-18(27-20)8-10-25-23(17)30/h2-7,9,11-13,27H,8,10H2,1H3,(H,25,30)(H,26,28)/b6-5-. The van der Waals surface area contributed by atoms with E-state index in [9.17, 15) is 14.4 Å². The van der Waals surface area contributed by atoms with Crippen LogP contribution in [0.5, 0.6) is 0 Å². The van der Waals surface area contributed by atoms with E-state index in [1.165, 1.54) is 7.11 Å². The maximum Gasteiger partial charge on any atom is 0.330 e. The normalized spacial score (nSPS) is 12.9. The second-order valence-corrected chi connectivity index (χ2v) is 6.94. The van der Waals surface area contributed by atoms with Gasteiger partial charge in [-0.15, -0.1) is 0 Å². The molecule has 4 rings (SSSR count). The second-order valence-electron chi connectivity index (χ2n) is 6.94. The van der Waals surface area contributed by atoms with Gasteiger partial charge in [0.05, 0.1) is 18.4 Å². The Bertz CT molecular complexity index is 1200. The van der Waals surface area contributed by atoms with Crippen molar-refractivity contribution in [1.82, 2.24) is 15.3 Å². The highest BCUT2D eigenvalue weighted by molar-refractivity contribution is 6.02. The largest absolute Gasteiger partial charge is 0.466 e. The Kier molecular flexibility index (Phi) is 5.61. The van der Waals surface area contributed by atoms with Gasteiger partial charge in [0.2, 0.25) is 5.91 Å². The number of hydrogen-bond acceptors (Lipinski definition) is 5. The van der Waals surface area contributed by atoms with Crippen LogP contribution in [-0.2, 0) is 20.7 Å². The lowest BCUT2D eigenvalue weighted by molar-refractivity contribution is -0.135. The van der Waals surface area contributed by atoms with E-state index in [-0.39, 0.29) is 5.91 Å². The number of hydrogen-bond donors (Lipinski definition) is 3. The Hall–Kier alpha value is -4.20. The van der Waals surface area contributed by atoms with E-state index in [1.807, 2.05) is 24.3 Å². The number of H-pyrrole nitrogens is 1. The molecule has 1 aliphatic rings. The van der Waals surface area contributed by atoms with Crippen LogP contribution in [0.3, 0.4) is 0 Å². The first-order valence-corrected chi connectivity index (χ1v) is 9.67. The fourth-order valence-electron chi connectivity index (χ4n) is 3.36. The lowest BCUT2D eigenvalue weighted by Gasteiger charge is -2.11. The van der Waals surface area contributed by atoms with Crippen LogP contribution in [0.15, 0.2) is 60.8 Å². The highest BCUT2D eigenvalue weighted by atomic mass is 16.5. The van der Waals surface area contributed by atoms with Gasteiger partial charge in [-0.25, -0.2) is 4.79 Å². The van der Waals surface area contributed by atoms with Crippen molar-refractivity contribution in [1.29, 1.82) is 0 Å². The number of aromatic nitrogens is 2. The third kappa shape index (κ3) is 4.53. The Balaban J connectivity index is 1.57. The molecule has 1 aromatic carbocycles. The zero-order valence-electron chi connectivity index (χ0n) is 16.8. The number of ether oxygens (including phenoxy) is 1. The van der Waals surface area contributed by atoms with Crippen LogP contribution in [0.25, 0.3) is 22.5 Å². The van der Waals surface area contributed by atoms with E-state index in [0.29, 0.717) is 17.8 Å². The highest BCUT2D eigenvalue weighted by Crippen LogP contribution is 2.28. The SMILES string of the molecule is COC(=O)/C=C\C(=O)Nc1cccc(-c2cc(-c3cc4c([nH]3)CCNC4=O)ccn2)c1. The summed E-state index contributed by atoms with van der Waals surface area (Å²) >= 11 is 0. The number of nitrogens with zero attached hydrogens (tertiary/aromatic N) is 1. The summed E-state index contributed by atoms with van der Waals surface area (Å²) in [5.41, 5.74) is 5.45. The summed E-state index contributed by atoms with van der Waals surface area (Å²) in [5, 5.41) is 5.55. The number of anilines is 1. The van der Waals surface area contributed by atoms with E-state index in [1.54, 1.807) is 24.4 Å². The van der Waals surface area contributed by atoms with Crippen LogP contribution in [0.2, 0.25) is 0 Å². The molecule has 2 aromatic heterocycles. The molecule has 31 heavy (non-hydrogen) atoms. The molecule has 0 atom stereocenters. The minimum atomic E-state index is -0.603. The monoisotopic (exact) mass is 416 g/mol. The summed E-state index contributed by atoms with van der Waals surface area (Å²) in [5.74, 6) is -1.12. The van der Waals surface area contributed by atoms with Crippen LogP contribution in [-0.4, -0.2) is 41.4 Å².